The van der Waals surface area contributed by atoms with Crippen LogP contribution in [0.15, 0.2) is 30.3 Å². The van der Waals surface area contributed by atoms with Gasteiger partial charge in [0.05, 0.1) is 0 Å². The standard InChI is InChI=1S/C19H20O2/c1-2-19-10-9-15-14-6-4-13(20)11-12(14)3-5-16(15)17(19)7-8-18(19)21/h3-6,11,17,20H,2,7-10H2,1H3/t17-,19+/m1/s1. The van der Waals surface area contributed by atoms with Gasteiger partial charge in [-0.15, -0.1) is 0 Å². The summed E-state index contributed by atoms with van der Waals surface area (Å²) < 4.78 is 0. The van der Waals surface area contributed by atoms with Gasteiger partial charge in [0, 0.05) is 11.8 Å². The number of aryl methyl sites for hydroxylation is 1. The minimum Gasteiger partial charge on any atom is -0.508 e. The third-order valence-electron chi connectivity index (χ3n) is 5.86. The van der Waals surface area contributed by atoms with Crippen molar-refractivity contribution < 1.29 is 9.90 Å². The molecule has 108 valence electrons. The van der Waals surface area contributed by atoms with Gasteiger partial charge in [-0.05, 0) is 65.6 Å². The number of carbonyl (C=O) groups excluding carboxylic acids is 1. The molecule has 0 bridgehead atoms. The molecule has 0 unspecified atom stereocenters. The van der Waals surface area contributed by atoms with E-state index in [1.54, 1.807) is 6.07 Å². The first kappa shape index (κ1) is 12.9. The molecular formula is C19H20O2. The summed E-state index contributed by atoms with van der Waals surface area (Å²) in [6.07, 6.45) is 4.67. The first-order valence-electron chi connectivity index (χ1n) is 7.93. The first-order valence-corrected chi connectivity index (χ1v) is 7.93. The van der Waals surface area contributed by atoms with E-state index in [4.69, 9.17) is 0 Å². The van der Waals surface area contributed by atoms with Gasteiger partial charge in [-0.3, -0.25) is 4.79 Å². The van der Waals surface area contributed by atoms with Crippen molar-refractivity contribution in [2.24, 2.45) is 5.41 Å². The minimum absolute atomic E-state index is 0.0996. The number of rotatable bonds is 1. The molecule has 0 radical (unpaired) electrons. The zero-order chi connectivity index (χ0) is 14.6. The van der Waals surface area contributed by atoms with E-state index in [1.807, 2.05) is 12.1 Å². The van der Waals surface area contributed by atoms with Crippen LogP contribution in [-0.2, 0) is 11.2 Å². The van der Waals surface area contributed by atoms with Crippen LogP contribution >= 0.6 is 0 Å². The molecule has 0 amide bonds. The van der Waals surface area contributed by atoms with E-state index in [-0.39, 0.29) is 5.41 Å². The molecule has 2 aromatic rings. The smallest absolute Gasteiger partial charge is 0.139 e. The van der Waals surface area contributed by atoms with Crippen molar-refractivity contribution in [3.8, 4) is 5.75 Å². The Labute approximate surface area is 124 Å². The zero-order valence-electron chi connectivity index (χ0n) is 12.4. The molecule has 2 nitrogen and oxygen atoms in total. The fraction of sp³-hybridized carbons (Fsp3) is 0.421. The highest BCUT2D eigenvalue weighted by atomic mass is 16.3. The van der Waals surface area contributed by atoms with Gasteiger partial charge in [0.2, 0.25) is 0 Å². The topological polar surface area (TPSA) is 37.3 Å². The fourth-order valence-corrected chi connectivity index (χ4v) is 4.73. The Bertz CT molecular complexity index is 747. The number of fused-ring (bicyclic) bond motifs is 5. The summed E-state index contributed by atoms with van der Waals surface area (Å²) in [6, 6.07) is 9.92. The van der Waals surface area contributed by atoms with Crippen molar-refractivity contribution in [1.29, 1.82) is 0 Å². The average molecular weight is 280 g/mol. The monoisotopic (exact) mass is 280 g/mol. The molecule has 2 atom stereocenters. The second kappa shape index (κ2) is 4.33. The van der Waals surface area contributed by atoms with Crippen LogP contribution in [-0.4, -0.2) is 10.9 Å². The lowest BCUT2D eigenvalue weighted by Gasteiger charge is -2.39. The highest BCUT2D eigenvalue weighted by molar-refractivity contribution is 5.92. The second-order valence-electron chi connectivity index (χ2n) is 6.56. The van der Waals surface area contributed by atoms with E-state index in [9.17, 15) is 9.90 Å². The molecule has 2 aliphatic rings. The number of phenolic OH excluding ortho intramolecular Hbond substituents is 1. The van der Waals surface area contributed by atoms with Gasteiger partial charge in [0.1, 0.15) is 11.5 Å². The van der Waals surface area contributed by atoms with E-state index in [1.165, 1.54) is 16.5 Å². The van der Waals surface area contributed by atoms with Crippen LogP contribution in [0, 0.1) is 5.41 Å². The Morgan fingerprint density at radius 1 is 1.24 bits per heavy atom. The molecule has 1 saturated carbocycles. The molecule has 1 fully saturated rings. The Morgan fingerprint density at radius 2 is 2.10 bits per heavy atom. The van der Waals surface area contributed by atoms with Crippen LogP contribution in [0.1, 0.15) is 49.7 Å². The fourth-order valence-electron chi connectivity index (χ4n) is 4.73. The third kappa shape index (κ3) is 1.62. The van der Waals surface area contributed by atoms with Gasteiger partial charge in [-0.1, -0.05) is 25.1 Å². The van der Waals surface area contributed by atoms with Crippen molar-refractivity contribution >= 4 is 16.6 Å². The first-order chi connectivity index (χ1) is 10.2. The Balaban J connectivity index is 1.93. The largest absolute Gasteiger partial charge is 0.508 e. The molecule has 0 spiro atoms. The van der Waals surface area contributed by atoms with Crippen LogP contribution in [0.3, 0.4) is 0 Å². The molecule has 4 rings (SSSR count). The van der Waals surface area contributed by atoms with Crippen molar-refractivity contribution in [2.45, 2.75) is 44.9 Å². The van der Waals surface area contributed by atoms with Gasteiger partial charge in [0.25, 0.3) is 0 Å². The lowest BCUT2D eigenvalue weighted by atomic mass is 9.63. The lowest BCUT2D eigenvalue weighted by Crippen LogP contribution is -2.34. The van der Waals surface area contributed by atoms with Gasteiger partial charge >= 0.3 is 0 Å². The summed E-state index contributed by atoms with van der Waals surface area (Å²) in [7, 11) is 0. The number of phenols is 1. The normalized spacial score (nSPS) is 27.7. The van der Waals surface area contributed by atoms with Gasteiger partial charge < -0.3 is 5.11 Å². The Hall–Kier alpha value is -1.83. The minimum atomic E-state index is -0.0996. The van der Waals surface area contributed by atoms with Crippen LogP contribution in [0.4, 0.5) is 0 Å². The molecule has 0 aliphatic heterocycles. The molecular weight excluding hydrogens is 260 g/mol. The van der Waals surface area contributed by atoms with Crippen molar-refractivity contribution in [2.75, 3.05) is 0 Å². The molecule has 0 aromatic heterocycles. The van der Waals surface area contributed by atoms with E-state index < -0.39 is 0 Å². The number of carbonyl (C=O) groups is 1. The van der Waals surface area contributed by atoms with E-state index in [0.717, 1.165) is 37.5 Å². The van der Waals surface area contributed by atoms with E-state index in [0.29, 0.717) is 17.5 Å². The molecule has 2 aliphatic carbocycles. The van der Waals surface area contributed by atoms with Gasteiger partial charge in [0.15, 0.2) is 0 Å². The summed E-state index contributed by atoms with van der Waals surface area (Å²) in [5.41, 5.74) is 2.68. The van der Waals surface area contributed by atoms with E-state index >= 15 is 0 Å². The molecule has 2 heteroatoms. The number of hydrogen-bond donors (Lipinski definition) is 1. The van der Waals surface area contributed by atoms with Crippen LogP contribution < -0.4 is 0 Å². The summed E-state index contributed by atoms with van der Waals surface area (Å²) >= 11 is 0. The molecule has 1 N–H and O–H groups in total. The average Bonchev–Trinajstić information content (AvgIpc) is 2.84. The maximum absolute atomic E-state index is 12.4. The number of benzene rings is 2. The highest BCUT2D eigenvalue weighted by Crippen LogP contribution is 2.56. The van der Waals surface area contributed by atoms with Crippen molar-refractivity contribution in [3.05, 3.63) is 41.5 Å². The third-order valence-corrected chi connectivity index (χ3v) is 5.86. The quantitative estimate of drug-likeness (QED) is 0.844. The number of aromatic hydroxyl groups is 1. The maximum Gasteiger partial charge on any atom is 0.139 e. The second-order valence-corrected chi connectivity index (χ2v) is 6.56. The summed E-state index contributed by atoms with van der Waals surface area (Å²) in [5, 5.41) is 12.0. The Morgan fingerprint density at radius 3 is 2.90 bits per heavy atom. The van der Waals surface area contributed by atoms with Gasteiger partial charge in [-0.2, -0.15) is 0 Å². The Kier molecular flexibility index (Phi) is 2.66. The van der Waals surface area contributed by atoms with Crippen LogP contribution in [0.2, 0.25) is 0 Å². The van der Waals surface area contributed by atoms with Gasteiger partial charge in [-0.25, -0.2) is 0 Å². The predicted octanol–water partition coefficient (Wildman–Crippen LogP) is 4.33. The lowest BCUT2D eigenvalue weighted by molar-refractivity contribution is -0.127. The number of ketones is 1. The molecule has 21 heavy (non-hydrogen) atoms. The van der Waals surface area contributed by atoms with E-state index in [2.05, 4.69) is 19.1 Å². The van der Waals surface area contributed by atoms with Crippen LogP contribution in [0.5, 0.6) is 5.75 Å². The van der Waals surface area contributed by atoms with Crippen molar-refractivity contribution in [1.82, 2.24) is 0 Å². The predicted molar refractivity (Wildman–Crippen MR) is 83.6 cm³/mol. The summed E-state index contributed by atoms with van der Waals surface area (Å²) in [5.74, 6) is 1.20. The number of Topliss-reactive ketones (excluding diaryl/α,β-unsaturated/α-hetero) is 1. The highest BCUT2D eigenvalue weighted by Gasteiger charge is 2.51. The SMILES string of the molecule is CC[C@]12CCc3c(ccc4cc(O)ccc34)[C@H]1CCC2=O. The van der Waals surface area contributed by atoms with Crippen molar-refractivity contribution in [3.63, 3.8) is 0 Å². The summed E-state index contributed by atoms with van der Waals surface area (Å²) in [4.78, 5) is 12.4. The molecule has 0 saturated heterocycles. The zero-order valence-corrected chi connectivity index (χ0v) is 12.4. The maximum atomic E-state index is 12.4. The molecule has 0 heterocycles. The number of hydrogen-bond acceptors (Lipinski definition) is 2. The summed E-state index contributed by atoms with van der Waals surface area (Å²) in [6.45, 7) is 2.17. The van der Waals surface area contributed by atoms with Crippen LogP contribution in [0.25, 0.3) is 10.8 Å². The molecule has 2 aromatic carbocycles.